The van der Waals surface area contributed by atoms with Crippen LogP contribution < -0.4 is 10.6 Å². The van der Waals surface area contributed by atoms with Crippen molar-refractivity contribution in [3.63, 3.8) is 0 Å². The Morgan fingerprint density at radius 3 is 2.03 bits per heavy atom. The van der Waals surface area contributed by atoms with E-state index in [1.807, 2.05) is 43.3 Å². The van der Waals surface area contributed by atoms with Crippen molar-refractivity contribution in [1.82, 2.24) is 0 Å². The van der Waals surface area contributed by atoms with E-state index in [9.17, 15) is 14.4 Å². The molecule has 2 unspecified atom stereocenters. The smallest absolute Gasteiger partial charge is 0.320 e. The third kappa shape index (κ3) is 6.65. The highest BCUT2D eigenvalue weighted by Gasteiger charge is 2.31. The Balaban J connectivity index is 1.84. The summed E-state index contributed by atoms with van der Waals surface area (Å²) in [5.41, 5.74) is 9.77. The van der Waals surface area contributed by atoms with E-state index < -0.39 is 23.8 Å². The molecular weight excluding hydrogens is 456 g/mol. The zero-order valence-corrected chi connectivity index (χ0v) is 21.6. The van der Waals surface area contributed by atoms with Crippen LogP contribution in [-0.2, 0) is 30.3 Å². The van der Waals surface area contributed by atoms with Crippen LogP contribution in [0, 0.1) is 5.92 Å². The van der Waals surface area contributed by atoms with E-state index in [4.69, 9.17) is 15.2 Å². The molecule has 0 bridgehead atoms. The van der Waals surface area contributed by atoms with Gasteiger partial charge in [0.05, 0.1) is 19.1 Å². The van der Waals surface area contributed by atoms with Crippen LogP contribution in [0.2, 0.25) is 0 Å². The number of amides is 1. The highest BCUT2D eigenvalue weighted by Crippen LogP contribution is 2.38. The fourth-order valence-electron chi connectivity index (χ4n) is 5.02. The number of esters is 2. The fourth-order valence-corrected chi connectivity index (χ4v) is 5.02. The van der Waals surface area contributed by atoms with Crippen molar-refractivity contribution in [3.8, 4) is 0 Å². The Morgan fingerprint density at radius 2 is 1.47 bits per heavy atom. The zero-order valence-electron chi connectivity index (χ0n) is 21.6. The third-order valence-corrected chi connectivity index (χ3v) is 6.85. The number of hydrogen-bond donors (Lipinski definition) is 1. The Kier molecular flexibility index (Phi) is 9.91. The predicted molar refractivity (Wildman–Crippen MR) is 140 cm³/mol. The van der Waals surface area contributed by atoms with Crippen molar-refractivity contribution in [2.75, 3.05) is 31.2 Å². The largest absolute Gasteiger partial charge is 0.465 e. The minimum Gasteiger partial charge on any atom is -0.465 e. The van der Waals surface area contributed by atoms with Crippen molar-refractivity contribution >= 4 is 23.5 Å². The number of primary amides is 1. The molecule has 1 amide bonds. The second kappa shape index (κ2) is 13.1. The standard InChI is InChI=1S/C29H38N2O5/c1-4-35-28(33)24(29(34)36-5-2)19-21-13-15-22(16-14-21)26(27(30)32)20(3)23-11-7-8-12-25(23)31-17-9-6-10-18-31/h7-8,11-16,20,24,26H,4-6,9-10,17-19H2,1-3H3,(H2,30,32). The highest BCUT2D eigenvalue weighted by molar-refractivity contribution is 5.95. The van der Waals surface area contributed by atoms with Crippen LogP contribution in [0.4, 0.5) is 5.69 Å². The number of para-hydroxylation sites is 1. The number of ether oxygens (including phenoxy) is 2. The Bertz CT molecular complexity index is 1010. The quantitative estimate of drug-likeness (QED) is 0.369. The van der Waals surface area contributed by atoms with Crippen molar-refractivity contribution in [1.29, 1.82) is 0 Å². The van der Waals surface area contributed by atoms with Gasteiger partial charge in [0, 0.05) is 18.8 Å². The molecule has 1 aliphatic heterocycles. The second-order valence-corrected chi connectivity index (χ2v) is 9.28. The van der Waals surface area contributed by atoms with Crippen LogP contribution in [0.15, 0.2) is 48.5 Å². The van der Waals surface area contributed by atoms with Gasteiger partial charge in [-0.15, -0.1) is 0 Å². The van der Waals surface area contributed by atoms with Crippen molar-refractivity contribution in [2.45, 2.75) is 58.3 Å². The first-order valence-electron chi connectivity index (χ1n) is 12.9. The van der Waals surface area contributed by atoms with E-state index >= 15 is 0 Å². The number of hydrogen-bond acceptors (Lipinski definition) is 6. The lowest BCUT2D eigenvalue weighted by atomic mass is 9.80. The van der Waals surface area contributed by atoms with E-state index in [1.54, 1.807) is 13.8 Å². The van der Waals surface area contributed by atoms with Crippen LogP contribution in [0.5, 0.6) is 0 Å². The molecule has 0 radical (unpaired) electrons. The summed E-state index contributed by atoms with van der Waals surface area (Å²) in [6.45, 7) is 7.84. The van der Waals surface area contributed by atoms with E-state index in [2.05, 4.69) is 17.0 Å². The topological polar surface area (TPSA) is 98.9 Å². The number of piperidine rings is 1. The molecule has 194 valence electrons. The average molecular weight is 495 g/mol. The summed E-state index contributed by atoms with van der Waals surface area (Å²) >= 11 is 0. The van der Waals surface area contributed by atoms with Gasteiger partial charge in [-0.05, 0) is 68.2 Å². The van der Waals surface area contributed by atoms with Gasteiger partial charge >= 0.3 is 11.9 Å². The van der Waals surface area contributed by atoms with Crippen LogP contribution >= 0.6 is 0 Å². The van der Waals surface area contributed by atoms with Crippen LogP contribution in [0.3, 0.4) is 0 Å². The maximum absolute atomic E-state index is 12.7. The van der Waals surface area contributed by atoms with E-state index in [0.29, 0.717) is 0 Å². The summed E-state index contributed by atoms with van der Waals surface area (Å²) in [5.74, 6) is -3.26. The SMILES string of the molecule is CCOC(=O)C(Cc1ccc(C(C(N)=O)C(C)c2ccccc2N2CCCCC2)cc1)C(=O)OCC. The summed E-state index contributed by atoms with van der Waals surface area (Å²) in [7, 11) is 0. The van der Waals surface area contributed by atoms with Crippen molar-refractivity contribution in [3.05, 3.63) is 65.2 Å². The van der Waals surface area contributed by atoms with Gasteiger partial charge in [-0.1, -0.05) is 49.4 Å². The molecule has 2 atom stereocenters. The van der Waals surface area contributed by atoms with Gasteiger partial charge in [-0.25, -0.2) is 0 Å². The number of rotatable bonds is 11. The molecule has 1 aliphatic rings. The zero-order chi connectivity index (χ0) is 26.1. The number of carbonyl (C=O) groups is 3. The second-order valence-electron chi connectivity index (χ2n) is 9.28. The average Bonchev–Trinajstić information content (AvgIpc) is 2.88. The van der Waals surface area contributed by atoms with Gasteiger partial charge in [0.1, 0.15) is 0 Å². The van der Waals surface area contributed by atoms with Crippen LogP contribution in [-0.4, -0.2) is 44.1 Å². The third-order valence-electron chi connectivity index (χ3n) is 6.85. The molecule has 7 heteroatoms. The Labute approximate surface area is 213 Å². The predicted octanol–water partition coefficient (Wildman–Crippen LogP) is 4.33. The van der Waals surface area contributed by atoms with Crippen molar-refractivity contribution < 1.29 is 23.9 Å². The number of nitrogens with two attached hydrogens (primary N) is 1. The molecule has 0 aromatic heterocycles. The molecule has 2 aromatic carbocycles. The van der Waals surface area contributed by atoms with Crippen molar-refractivity contribution in [2.24, 2.45) is 11.7 Å². The monoisotopic (exact) mass is 494 g/mol. The molecule has 36 heavy (non-hydrogen) atoms. The molecule has 0 saturated carbocycles. The summed E-state index contributed by atoms with van der Waals surface area (Å²) in [6.07, 6.45) is 3.74. The maximum Gasteiger partial charge on any atom is 0.320 e. The van der Waals surface area contributed by atoms with Gasteiger partial charge in [0.15, 0.2) is 5.92 Å². The number of anilines is 1. The maximum atomic E-state index is 12.7. The highest BCUT2D eigenvalue weighted by atomic mass is 16.6. The van der Waals surface area contributed by atoms with Crippen LogP contribution in [0.1, 0.15) is 68.6 Å². The van der Waals surface area contributed by atoms with Gasteiger partial charge in [-0.3, -0.25) is 14.4 Å². The molecule has 1 fully saturated rings. The first-order valence-corrected chi connectivity index (χ1v) is 12.9. The molecule has 0 spiro atoms. The first kappa shape index (κ1) is 27.2. The van der Waals surface area contributed by atoms with E-state index in [-0.39, 0.29) is 31.5 Å². The summed E-state index contributed by atoms with van der Waals surface area (Å²) < 4.78 is 10.1. The Morgan fingerprint density at radius 1 is 0.889 bits per heavy atom. The Hall–Kier alpha value is -3.35. The molecule has 2 aromatic rings. The van der Waals surface area contributed by atoms with E-state index in [0.717, 1.165) is 29.8 Å². The summed E-state index contributed by atoms with van der Waals surface area (Å²) in [4.78, 5) is 39.8. The van der Waals surface area contributed by atoms with Crippen LogP contribution in [0.25, 0.3) is 0 Å². The molecule has 7 nitrogen and oxygen atoms in total. The molecular formula is C29H38N2O5. The molecule has 1 heterocycles. The summed E-state index contributed by atoms with van der Waals surface area (Å²) in [6, 6.07) is 15.6. The number of benzene rings is 2. The lowest BCUT2D eigenvalue weighted by molar-refractivity contribution is -0.161. The van der Waals surface area contributed by atoms with Gasteiger partial charge in [0.2, 0.25) is 5.91 Å². The lowest BCUT2D eigenvalue weighted by Crippen LogP contribution is -2.32. The van der Waals surface area contributed by atoms with Gasteiger partial charge < -0.3 is 20.1 Å². The fraction of sp³-hybridized carbons (Fsp3) is 0.483. The normalized spacial score (nSPS) is 15.3. The molecule has 1 saturated heterocycles. The molecule has 2 N–H and O–H groups in total. The summed E-state index contributed by atoms with van der Waals surface area (Å²) in [5, 5.41) is 0. The minimum atomic E-state index is -1.03. The number of carbonyl (C=O) groups excluding carboxylic acids is 3. The molecule has 0 aliphatic carbocycles. The van der Waals surface area contributed by atoms with Gasteiger partial charge in [-0.2, -0.15) is 0 Å². The van der Waals surface area contributed by atoms with E-state index in [1.165, 1.54) is 24.9 Å². The number of nitrogens with zero attached hydrogens (tertiary/aromatic N) is 1. The van der Waals surface area contributed by atoms with Gasteiger partial charge in [0.25, 0.3) is 0 Å². The minimum absolute atomic E-state index is 0.127. The molecule has 3 rings (SSSR count). The first-order chi connectivity index (χ1) is 17.4. The lowest BCUT2D eigenvalue weighted by Gasteiger charge is -2.33.